The van der Waals surface area contributed by atoms with Crippen molar-refractivity contribution in [3.8, 4) is 0 Å². The van der Waals surface area contributed by atoms with Crippen molar-refractivity contribution in [3.63, 3.8) is 0 Å². The van der Waals surface area contributed by atoms with Crippen molar-refractivity contribution in [2.75, 3.05) is 5.32 Å². The first-order valence-corrected chi connectivity index (χ1v) is 5.64. The molecule has 0 aliphatic rings. The van der Waals surface area contributed by atoms with Gasteiger partial charge in [-0.3, -0.25) is 0 Å². The zero-order valence-electron chi connectivity index (χ0n) is 8.48. The standard InChI is InChI=1S/C11H15BrFN/c1-3-4-8(2)14-11-7-9(13)5-6-10(11)12/h5-8,14H,3-4H2,1-2H3. The monoisotopic (exact) mass is 259 g/mol. The Labute approximate surface area is 92.8 Å². The number of halogens is 2. The molecule has 3 heteroatoms. The first kappa shape index (κ1) is 11.5. The van der Waals surface area contributed by atoms with Crippen LogP contribution in [-0.4, -0.2) is 6.04 Å². The maximum atomic E-state index is 12.9. The van der Waals surface area contributed by atoms with E-state index in [1.54, 1.807) is 6.07 Å². The molecular weight excluding hydrogens is 245 g/mol. The topological polar surface area (TPSA) is 12.0 Å². The van der Waals surface area contributed by atoms with E-state index in [9.17, 15) is 4.39 Å². The Morgan fingerprint density at radius 1 is 1.50 bits per heavy atom. The van der Waals surface area contributed by atoms with Crippen molar-refractivity contribution in [3.05, 3.63) is 28.5 Å². The molecule has 0 saturated carbocycles. The van der Waals surface area contributed by atoms with E-state index >= 15 is 0 Å². The summed E-state index contributed by atoms with van der Waals surface area (Å²) in [6.45, 7) is 4.24. The van der Waals surface area contributed by atoms with Gasteiger partial charge in [-0.25, -0.2) is 4.39 Å². The second-order valence-electron chi connectivity index (χ2n) is 3.46. The molecule has 0 saturated heterocycles. The van der Waals surface area contributed by atoms with E-state index in [-0.39, 0.29) is 5.82 Å². The molecule has 0 bridgehead atoms. The predicted molar refractivity (Wildman–Crippen MR) is 62.1 cm³/mol. The van der Waals surface area contributed by atoms with Crippen molar-refractivity contribution in [2.24, 2.45) is 0 Å². The van der Waals surface area contributed by atoms with E-state index in [4.69, 9.17) is 0 Å². The van der Waals surface area contributed by atoms with Gasteiger partial charge < -0.3 is 5.32 Å². The van der Waals surface area contributed by atoms with Gasteiger partial charge in [0.05, 0.1) is 5.69 Å². The van der Waals surface area contributed by atoms with Gasteiger partial charge in [-0.15, -0.1) is 0 Å². The van der Waals surface area contributed by atoms with E-state index in [1.807, 2.05) is 0 Å². The summed E-state index contributed by atoms with van der Waals surface area (Å²) in [7, 11) is 0. The SMILES string of the molecule is CCCC(C)Nc1cc(F)ccc1Br. The lowest BCUT2D eigenvalue weighted by molar-refractivity contribution is 0.626. The van der Waals surface area contributed by atoms with E-state index in [1.165, 1.54) is 12.1 Å². The minimum atomic E-state index is -0.209. The highest BCUT2D eigenvalue weighted by molar-refractivity contribution is 9.10. The van der Waals surface area contributed by atoms with Crippen LogP contribution in [0, 0.1) is 5.82 Å². The van der Waals surface area contributed by atoms with Gasteiger partial charge in [0.1, 0.15) is 5.82 Å². The van der Waals surface area contributed by atoms with Crippen LogP contribution in [0.5, 0.6) is 0 Å². The summed E-state index contributed by atoms with van der Waals surface area (Å²) in [6, 6.07) is 5.05. The highest BCUT2D eigenvalue weighted by Gasteiger charge is 2.04. The highest BCUT2D eigenvalue weighted by atomic mass is 79.9. The summed E-state index contributed by atoms with van der Waals surface area (Å²) in [5.74, 6) is -0.209. The second-order valence-corrected chi connectivity index (χ2v) is 4.31. The quantitative estimate of drug-likeness (QED) is 0.855. The van der Waals surface area contributed by atoms with Crippen LogP contribution in [0.4, 0.5) is 10.1 Å². The van der Waals surface area contributed by atoms with Gasteiger partial charge in [0.2, 0.25) is 0 Å². The first-order valence-electron chi connectivity index (χ1n) is 4.85. The summed E-state index contributed by atoms with van der Waals surface area (Å²) in [6.07, 6.45) is 2.21. The maximum absolute atomic E-state index is 12.9. The minimum Gasteiger partial charge on any atom is -0.382 e. The normalized spacial score (nSPS) is 12.6. The Hall–Kier alpha value is -0.570. The van der Waals surface area contributed by atoms with Crippen molar-refractivity contribution in [1.82, 2.24) is 0 Å². The molecule has 0 spiro atoms. The van der Waals surface area contributed by atoms with Gasteiger partial charge in [0, 0.05) is 10.5 Å². The van der Waals surface area contributed by atoms with Crippen LogP contribution in [-0.2, 0) is 0 Å². The fourth-order valence-corrected chi connectivity index (χ4v) is 1.74. The fraction of sp³-hybridized carbons (Fsp3) is 0.455. The zero-order valence-corrected chi connectivity index (χ0v) is 10.1. The number of rotatable bonds is 4. The Bertz CT molecular complexity index is 301. The molecule has 78 valence electrons. The molecule has 0 aromatic heterocycles. The second kappa shape index (κ2) is 5.35. The third kappa shape index (κ3) is 3.29. The molecule has 1 aromatic rings. The molecule has 1 nitrogen and oxygen atoms in total. The molecule has 1 rings (SSSR count). The van der Waals surface area contributed by atoms with E-state index in [2.05, 4.69) is 35.1 Å². The lowest BCUT2D eigenvalue weighted by Gasteiger charge is -2.15. The average Bonchev–Trinajstić information content (AvgIpc) is 2.12. The van der Waals surface area contributed by atoms with Gasteiger partial charge in [0.15, 0.2) is 0 Å². The van der Waals surface area contributed by atoms with E-state index < -0.39 is 0 Å². The van der Waals surface area contributed by atoms with Crippen LogP contribution in [0.2, 0.25) is 0 Å². The molecule has 0 aliphatic carbocycles. The zero-order chi connectivity index (χ0) is 10.6. The third-order valence-corrected chi connectivity index (χ3v) is 2.74. The van der Waals surface area contributed by atoms with Gasteiger partial charge in [-0.05, 0) is 47.5 Å². The summed E-state index contributed by atoms with van der Waals surface area (Å²) in [5, 5.41) is 3.27. The molecule has 1 atom stereocenters. The molecule has 0 amide bonds. The number of nitrogens with one attached hydrogen (secondary N) is 1. The predicted octanol–water partition coefficient (Wildman–Crippen LogP) is 4.19. The molecule has 1 aromatic carbocycles. The molecule has 14 heavy (non-hydrogen) atoms. The molecule has 0 heterocycles. The maximum Gasteiger partial charge on any atom is 0.125 e. The number of hydrogen-bond donors (Lipinski definition) is 1. The summed E-state index contributed by atoms with van der Waals surface area (Å²) < 4.78 is 13.8. The molecule has 1 unspecified atom stereocenters. The third-order valence-electron chi connectivity index (χ3n) is 2.05. The highest BCUT2D eigenvalue weighted by Crippen LogP contribution is 2.24. The van der Waals surface area contributed by atoms with Crippen LogP contribution in [0.25, 0.3) is 0 Å². The van der Waals surface area contributed by atoms with Gasteiger partial charge in [-0.1, -0.05) is 13.3 Å². The van der Waals surface area contributed by atoms with Crippen LogP contribution >= 0.6 is 15.9 Å². The van der Waals surface area contributed by atoms with Gasteiger partial charge in [0.25, 0.3) is 0 Å². The summed E-state index contributed by atoms with van der Waals surface area (Å²) >= 11 is 3.38. The van der Waals surface area contributed by atoms with Crippen molar-refractivity contribution >= 4 is 21.6 Å². The Kier molecular flexibility index (Phi) is 4.39. The lowest BCUT2D eigenvalue weighted by atomic mass is 10.2. The molecule has 0 radical (unpaired) electrons. The van der Waals surface area contributed by atoms with Crippen molar-refractivity contribution in [1.29, 1.82) is 0 Å². The number of benzene rings is 1. The average molecular weight is 260 g/mol. The molecule has 0 fully saturated rings. The molecule has 0 aliphatic heterocycles. The van der Waals surface area contributed by atoms with Gasteiger partial charge in [-0.2, -0.15) is 0 Å². The summed E-state index contributed by atoms with van der Waals surface area (Å²) in [4.78, 5) is 0. The van der Waals surface area contributed by atoms with E-state index in [0.29, 0.717) is 6.04 Å². The summed E-state index contributed by atoms with van der Waals surface area (Å²) in [5.41, 5.74) is 0.825. The van der Waals surface area contributed by atoms with Crippen LogP contribution in [0.15, 0.2) is 22.7 Å². The van der Waals surface area contributed by atoms with Crippen LogP contribution in [0.1, 0.15) is 26.7 Å². The van der Waals surface area contributed by atoms with Crippen LogP contribution < -0.4 is 5.32 Å². The number of anilines is 1. The Balaban J connectivity index is 2.70. The van der Waals surface area contributed by atoms with Gasteiger partial charge >= 0.3 is 0 Å². The Morgan fingerprint density at radius 2 is 2.21 bits per heavy atom. The van der Waals surface area contributed by atoms with Crippen molar-refractivity contribution in [2.45, 2.75) is 32.7 Å². The number of hydrogen-bond acceptors (Lipinski definition) is 1. The largest absolute Gasteiger partial charge is 0.382 e. The Morgan fingerprint density at radius 3 is 2.86 bits per heavy atom. The smallest absolute Gasteiger partial charge is 0.125 e. The van der Waals surface area contributed by atoms with Crippen LogP contribution in [0.3, 0.4) is 0 Å². The molecule has 1 N–H and O–H groups in total. The van der Waals surface area contributed by atoms with Crippen molar-refractivity contribution < 1.29 is 4.39 Å². The van der Waals surface area contributed by atoms with E-state index in [0.717, 1.165) is 23.0 Å². The fourth-order valence-electron chi connectivity index (χ4n) is 1.38. The molecular formula is C11H15BrFN. The minimum absolute atomic E-state index is 0.209. The lowest BCUT2D eigenvalue weighted by Crippen LogP contribution is -2.14. The first-order chi connectivity index (χ1) is 6.63.